The van der Waals surface area contributed by atoms with Crippen molar-refractivity contribution in [1.82, 2.24) is 4.31 Å². The predicted molar refractivity (Wildman–Crippen MR) is 76.0 cm³/mol. The van der Waals surface area contributed by atoms with Crippen molar-refractivity contribution in [3.05, 3.63) is 34.6 Å². The Balaban J connectivity index is 2.05. The molecule has 1 N–H and O–H groups in total. The first-order chi connectivity index (χ1) is 9.79. The minimum absolute atomic E-state index is 0.0570. The summed E-state index contributed by atoms with van der Waals surface area (Å²) >= 11 is 5.56. The van der Waals surface area contributed by atoms with E-state index < -0.39 is 27.7 Å². The van der Waals surface area contributed by atoms with E-state index in [1.54, 1.807) is 0 Å². The molecule has 1 aromatic carbocycles. The zero-order chi connectivity index (χ0) is 15.6. The second kappa shape index (κ2) is 6.29. The Labute approximate surface area is 127 Å². The standard InChI is InChI=1S/C13H15ClFNO4S/c14-11-2-1-9(7-12(11)15)8-21(19,20)16-5-3-10(4-6-16)13(17)18/h1-2,7,10H,3-6,8H2,(H,17,18). The van der Waals surface area contributed by atoms with E-state index in [0.29, 0.717) is 18.4 Å². The van der Waals surface area contributed by atoms with Gasteiger partial charge in [-0.15, -0.1) is 0 Å². The molecule has 8 heteroatoms. The largest absolute Gasteiger partial charge is 0.481 e. The van der Waals surface area contributed by atoms with Crippen LogP contribution in [0.1, 0.15) is 18.4 Å². The molecule has 1 aromatic rings. The van der Waals surface area contributed by atoms with Crippen molar-refractivity contribution in [3.8, 4) is 0 Å². The Bertz CT molecular complexity index is 642. The zero-order valence-corrected chi connectivity index (χ0v) is 12.7. The highest BCUT2D eigenvalue weighted by molar-refractivity contribution is 7.88. The highest BCUT2D eigenvalue weighted by atomic mass is 35.5. The summed E-state index contributed by atoms with van der Waals surface area (Å²) in [5.74, 6) is -2.37. The van der Waals surface area contributed by atoms with E-state index in [0.717, 1.165) is 6.07 Å². The number of carboxylic acid groups (broad SMARTS) is 1. The number of aliphatic carboxylic acids is 1. The second-order valence-corrected chi connectivity index (χ2v) is 7.39. The van der Waals surface area contributed by atoms with Crippen molar-refractivity contribution >= 4 is 27.6 Å². The van der Waals surface area contributed by atoms with Crippen molar-refractivity contribution in [3.63, 3.8) is 0 Å². The van der Waals surface area contributed by atoms with Crippen LogP contribution in [0.25, 0.3) is 0 Å². The van der Waals surface area contributed by atoms with E-state index in [1.165, 1.54) is 16.4 Å². The summed E-state index contributed by atoms with van der Waals surface area (Å²) in [7, 11) is -3.58. The third-order valence-electron chi connectivity index (χ3n) is 3.53. The van der Waals surface area contributed by atoms with E-state index in [1.807, 2.05) is 0 Å². The number of rotatable bonds is 4. The Kier molecular flexibility index (Phi) is 4.85. The molecule has 0 spiro atoms. The Morgan fingerprint density at radius 3 is 2.52 bits per heavy atom. The lowest BCUT2D eigenvalue weighted by Crippen LogP contribution is -2.40. The van der Waals surface area contributed by atoms with Gasteiger partial charge in [0, 0.05) is 13.1 Å². The van der Waals surface area contributed by atoms with Gasteiger partial charge >= 0.3 is 5.97 Å². The Morgan fingerprint density at radius 2 is 2.00 bits per heavy atom. The van der Waals surface area contributed by atoms with Crippen molar-refractivity contribution in [1.29, 1.82) is 0 Å². The first-order valence-corrected chi connectivity index (χ1v) is 8.43. The molecule has 1 aliphatic heterocycles. The highest BCUT2D eigenvalue weighted by Gasteiger charge is 2.31. The molecule has 116 valence electrons. The molecule has 1 fully saturated rings. The summed E-state index contributed by atoms with van der Waals surface area (Å²) in [5, 5.41) is 8.84. The van der Waals surface area contributed by atoms with Gasteiger partial charge in [0.1, 0.15) is 5.82 Å². The van der Waals surface area contributed by atoms with Crippen LogP contribution < -0.4 is 0 Å². The van der Waals surface area contributed by atoms with E-state index >= 15 is 0 Å². The molecule has 0 amide bonds. The summed E-state index contributed by atoms with van der Waals surface area (Å²) in [5.41, 5.74) is 0.317. The van der Waals surface area contributed by atoms with E-state index in [-0.39, 0.29) is 23.9 Å². The van der Waals surface area contributed by atoms with Gasteiger partial charge in [0.15, 0.2) is 0 Å². The van der Waals surface area contributed by atoms with E-state index in [9.17, 15) is 17.6 Å². The van der Waals surface area contributed by atoms with Gasteiger partial charge in [-0.2, -0.15) is 0 Å². The number of nitrogens with zero attached hydrogens (tertiary/aromatic N) is 1. The lowest BCUT2D eigenvalue weighted by molar-refractivity contribution is -0.142. The molecule has 0 atom stereocenters. The van der Waals surface area contributed by atoms with Crippen molar-refractivity contribution in [2.24, 2.45) is 5.92 Å². The maximum atomic E-state index is 13.3. The highest BCUT2D eigenvalue weighted by Crippen LogP contribution is 2.23. The summed E-state index contributed by atoms with van der Waals surface area (Å²) < 4.78 is 39.1. The molecule has 21 heavy (non-hydrogen) atoms. The van der Waals surface area contributed by atoms with Gasteiger partial charge in [0.2, 0.25) is 10.0 Å². The van der Waals surface area contributed by atoms with Gasteiger partial charge < -0.3 is 5.11 Å². The SMILES string of the molecule is O=C(O)C1CCN(S(=O)(=O)Cc2ccc(Cl)c(F)c2)CC1. The molecule has 0 bridgehead atoms. The molecule has 1 heterocycles. The average molecular weight is 336 g/mol. The number of hydrogen-bond acceptors (Lipinski definition) is 3. The fraction of sp³-hybridized carbons (Fsp3) is 0.462. The molecule has 0 saturated carbocycles. The maximum Gasteiger partial charge on any atom is 0.306 e. The first kappa shape index (κ1) is 16.2. The molecule has 0 unspecified atom stereocenters. The quantitative estimate of drug-likeness (QED) is 0.914. The van der Waals surface area contributed by atoms with Gasteiger partial charge in [0.25, 0.3) is 0 Å². The fourth-order valence-electron chi connectivity index (χ4n) is 2.31. The third-order valence-corrected chi connectivity index (χ3v) is 5.69. The van der Waals surface area contributed by atoms with Crippen LogP contribution in [0.15, 0.2) is 18.2 Å². The number of carboxylic acids is 1. The van der Waals surface area contributed by atoms with E-state index in [4.69, 9.17) is 16.7 Å². The number of halogens is 2. The molecule has 1 aliphatic rings. The fourth-order valence-corrected chi connectivity index (χ4v) is 3.98. The third kappa shape index (κ3) is 3.93. The molecule has 2 rings (SSSR count). The molecular weight excluding hydrogens is 321 g/mol. The monoisotopic (exact) mass is 335 g/mol. The number of sulfonamides is 1. The van der Waals surface area contributed by atoms with Gasteiger partial charge in [-0.25, -0.2) is 17.1 Å². The number of benzene rings is 1. The van der Waals surface area contributed by atoms with E-state index in [2.05, 4.69) is 0 Å². The van der Waals surface area contributed by atoms with Crippen LogP contribution >= 0.6 is 11.6 Å². The molecular formula is C13H15ClFNO4S. The summed E-state index contributed by atoms with van der Waals surface area (Å²) in [6, 6.07) is 3.88. The van der Waals surface area contributed by atoms with Crippen molar-refractivity contribution in [2.75, 3.05) is 13.1 Å². The summed E-state index contributed by atoms with van der Waals surface area (Å²) in [6.45, 7) is 0.352. The van der Waals surface area contributed by atoms with Crippen molar-refractivity contribution < 1.29 is 22.7 Å². The molecule has 1 saturated heterocycles. The maximum absolute atomic E-state index is 13.3. The summed E-state index contributed by atoms with van der Waals surface area (Å²) in [4.78, 5) is 10.8. The topological polar surface area (TPSA) is 74.7 Å². The Hall–Kier alpha value is -1.18. The molecule has 0 aliphatic carbocycles. The van der Waals surface area contributed by atoms with Crippen LogP contribution in [-0.4, -0.2) is 36.9 Å². The van der Waals surface area contributed by atoms with Gasteiger partial charge in [-0.05, 0) is 30.5 Å². The minimum Gasteiger partial charge on any atom is -0.481 e. The van der Waals surface area contributed by atoms with Gasteiger partial charge in [-0.1, -0.05) is 17.7 Å². The molecule has 0 aromatic heterocycles. The van der Waals surface area contributed by atoms with Crippen LogP contribution in [0, 0.1) is 11.7 Å². The van der Waals surface area contributed by atoms with Crippen LogP contribution in [0.3, 0.4) is 0 Å². The lowest BCUT2D eigenvalue weighted by atomic mass is 9.99. The second-order valence-electron chi connectivity index (χ2n) is 5.02. The molecule has 0 radical (unpaired) electrons. The minimum atomic E-state index is -3.58. The molecule has 5 nitrogen and oxygen atoms in total. The predicted octanol–water partition coefficient (Wildman–Crippen LogP) is 2.11. The van der Waals surface area contributed by atoms with Crippen LogP contribution in [0.5, 0.6) is 0 Å². The van der Waals surface area contributed by atoms with Crippen LogP contribution in [0.4, 0.5) is 4.39 Å². The van der Waals surface area contributed by atoms with Gasteiger partial charge in [-0.3, -0.25) is 4.79 Å². The number of piperidine rings is 1. The van der Waals surface area contributed by atoms with Crippen LogP contribution in [0.2, 0.25) is 5.02 Å². The normalized spacial score (nSPS) is 17.8. The van der Waals surface area contributed by atoms with Crippen LogP contribution in [-0.2, 0) is 20.6 Å². The zero-order valence-electron chi connectivity index (χ0n) is 11.1. The average Bonchev–Trinajstić information content (AvgIpc) is 2.43. The smallest absolute Gasteiger partial charge is 0.306 e. The Morgan fingerprint density at radius 1 is 1.38 bits per heavy atom. The number of hydrogen-bond donors (Lipinski definition) is 1. The summed E-state index contributed by atoms with van der Waals surface area (Å²) in [6.07, 6.45) is 0.590. The van der Waals surface area contributed by atoms with Gasteiger partial charge in [0.05, 0.1) is 16.7 Å². The van der Waals surface area contributed by atoms with Crippen molar-refractivity contribution in [2.45, 2.75) is 18.6 Å². The number of carbonyl (C=O) groups is 1. The first-order valence-electron chi connectivity index (χ1n) is 6.44. The lowest BCUT2D eigenvalue weighted by Gasteiger charge is -2.29.